The van der Waals surface area contributed by atoms with Crippen LogP contribution in [0, 0.1) is 0 Å². The van der Waals surface area contributed by atoms with Gasteiger partial charge in [0.25, 0.3) is 0 Å². The maximum absolute atomic E-state index is 4.46. The van der Waals surface area contributed by atoms with E-state index in [0.29, 0.717) is 0 Å². The van der Waals surface area contributed by atoms with Crippen LogP contribution in [0.1, 0.15) is 77.0 Å². The lowest BCUT2D eigenvalue weighted by Gasteiger charge is -2.01. The molecule has 1 rings (SSSR count). The van der Waals surface area contributed by atoms with Gasteiger partial charge in [-0.2, -0.15) is 0 Å². The van der Waals surface area contributed by atoms with Crippen LogP contribution in [0.5, 0.6) is 0 Å². The molecule has 0 saturated heterocycles. The summed E-state index contributed by atoms with van der Waals surface area (Å²) in [5, 5.41) is 0. The molecule has 0 unspecified atom stereocenters. The highest BCUT2D eigenvalue weighted by molar-refractivity contribution is 5.56. The van der Waals surface area contributed by atoms with Crippen LogP contribution in [-0.2, 0) is 0 Å². The van der Waals surface area contributed by atoms with Gasteiger partial charge in [-0.3, -0.25) is 4.99 Å². The van der Waals surface area contributed by atoms with Gasteiger partial charge in [0, 0.05) is 6.54 Å². The Hall–Kier alpha value is -0.330. The van der Waals surface area contributed by atoms with Crippen molar-refractivity contribution in [2.24, 2.45) is 4.99 Å². The highest BCUT2D eigenvalue weighted by Gasteiger charge is 1.94. The number of hydrogen-bond acceptors (Lipinski definition) is 1. The van der Waals surface area contributed by atoms with E-state index in [-0.39, 0.29) is 0 Å². The highest BCUT2D eigenvalue weighted by Crippen LogP contribution is 2.12. The number of nitrogens with zero attached hydrogens (tertiary/aromatic N) is 1. The fraction of sp³-hybridized carbons (Fsp3) is 0.929. The van der Waals surface area contributed by atoms with Crippen LogP contribution in [0.4, 0.5) is 0 Å². The molecule has 0 saturated carbocycles. The minimum atomic E-state index is 1.07. The van der Waals surface area contributed by atoms with Gasteiger partial charge < -0.3 is 0 Å². The third kappa shape index (κ3) is 8.65. The van der Waals surface area contributed by atoms with Crippen molar-refractivity contribution in [2.75, 3.05) is 6.54 Å². The van der Waals surface area contributed by atoms with Crippen LogP contribution >= 0.6 is 0 Å². The molecule has 0 fully saturated rings. The lowest BCUT2D eigenvalue weighted by molar-refractivity contribution is 0.551. The largest absolute Gasteiger partial charge is 0.298 e. The predicted octanol–water partition coefficient (Wildman–Crippen LogP) is 4.75. The van der Waals surface area contributed by atoms with Gasteiger partial charge in [0.1, 0.15) is 0 Å². The van der Waals surface area contributed by atoms with Crippen molar-refractivity contribution >= 4 is 6.21 Å². The Kier molecular flexibility index (Phi) is 8.66. The number of hydrogen-bond donors (Lipinski definition) is 0. The molecule has 0 N–H and O–H groups in total. The molecule has 0 radical (unpaired) electrons. The maximum atomic E-state index is 4.46. The molecule has 1 nitrogen and oxygen atoms in total. The second kappa shape index (κ2) is 10.2. The fourth-order valence-electron chi connectivity index (χ4n) is 2.21. The van der Waals surface area contributed by atoms with E-state index in [1.165, 1.54) is 77.0 Å². The average molecular weight is 209 g/mol. The molecule has 1 heterocycles. The van der Waals surface area contributed by atoms with E-state index in [0.717, 1.165) is 6.54 Å². The Morgan fingerprint density at radius 2 is 1.00 bits per heavy atom. The Balaban J connectivity index is 2.08. The van der Waals surface area contributed by atoms with Crippen molar-refractivity contribution in [2.45, 2.75) is 77.0 Å². The standard InChI is InChI=1S/C14H27N/c1-2-4-6-8-10-12-14-15-13-11-9-7-5-3-1/h13H,1-12,14H2. The van der Waals surface area contributed by atoms with E-state index >= 15 is 0 Å². The Bertz CT molecular complexity index is 135. The topological polar surface area (TPSA) is 12.4 Å². The molecule has 0 bridgehead atoms. The molecule has 0 aromatic carbocycles. The van der Waals surface area contributed by atoms with E-state index < -0.39 is 0 Å². The zero-order valence-corrected chi connectivity index (χ0v) is 10.2. The molecule has 1 heteroatoms. The first kappa shape index (κ1) is 12.7. The van der Waals surface area contributed by atoms with Gasteiger partial charge in [0.15, 0.2) is 0 Å². The summed E-state index contributed by atoms with van der Waals surface area (Å²) in [5.74, 6) is 0. The minimum Gasteiger partial charge on any atom is -0.298 e. The molecule has 1 aliphatic rings. The quantitative estimate of drug-likeness (QED) is 0.546. The predicted molar refractivity (Wildman–Crippen MR) is 68.8 cm³/mol. The van der Waals surface area contributed by atoms with Gasteiger partial charge in [0.2, 0.25) is 0 Å². The molecule has 0 spiro atoms. The van der Waals surface area contributed by atoms with Crippen molar-refractivity contribution in [1.82, 2.24) is 0 Å². The summed E-state index contributed by atoms with van der Waals surface area (Å²) in [6.45, 7) is 1.07. The molecular formula is C14H27N. The number of aliphatic imine (C=N–C) groups is 1. The van der Waals surface area contributed by atoms with Gasteiger partial charge in [0.05, 0.1) is 0 Å². The summed E-state index contributed by atoms with van der Waals surface area (Å²) in [6.07, 6.45) is 19.0. The Morgan fingerprint density at radius 3 is 1.60 bits per heavy atom. The lowest BCUT2D eigenvalue weighted by atomic mass is 10.1. The molecule has 88 valence electrons. The molecule has 0 aromatic rings. The van der Waals surface area contributed by atoms with Gasteiger partial charge >= 0.3 is 0 Å². The fourth-order valence-corrected chi connectivity index (χ4v) is 2.21. The van der Waals surface area contributed by atoms with E-state index in [2.05, 4.69) is 11.2 Å². The smallest absolute Gasteiger partial charge is 0.0385 e. The molecule has 0 aromatic heterocycles. The van der Waals surface area contributed by atoms with E-state index in [1.54, 1.807) is 0 Å². The van der Waals surface area contributed by atoms with Crippen LogP contribution in [0.15, 0.2) is 4.99 Å². The first-order valence-corrected chi connectivity index (χ1v) is 6.98. The summed E-state index contributed by atoms with van der Waals surface area (Å²) in [7, 11) is 0. The SMILES string of the molecule is C1=NCCCCCCCCCCCCC1. The van der Waals surface area contributed by atoms with Gasteiger partial charge in [-0.05, 0) is 25.5 Å². The zero-order chi connectivity index (χ0) is 10.6. The monoisotopic (exact) mass is 209 g/mol. The summed E-state index contributed by atoms with van der Waals surface area (Å²) >= 11 is 0. The molecule has 0 amide bonds. The Labute approximate surface area is 95.4 Å². The van der Waals surface area contributed by atoms with E-state index in [9.17, 15) is 0 Å². The van der Waals surface area contributed by atoms with E-state index in [1.807, 2.05) is 0 Å². The third-order valence-electron chi connectivity index (χ3n) is 3.25. The second-order valence-corrected chi connectivity index (χ2v) is 4.77. The molecule has 15 heavy (non-hydrogen) atoms. The first-order valence-electron chi connectivity index (χ1n) is 6.98. The summed E-state index contributed by atoms with van der Waals surface area (Å²) in [5.41, 5.74) is 0. The average Bonchev–Trinajstić information content (AvgIpc) is 2.27. The van der Waals surface area contributed by atoms with Crippen LogP contribution < -0.4 is 0 Å². The van der Waals surface area contributed by atoms with Crippen molar-refractivity contribution in [3.05, 3.63) is 0 Å². The van der Waals surface area contributed by atoms with E-state index in [4.69, 9.17) is 0 Å². The first-order chi connectivity index (χ1) is 7.50. The van der Waals surface area contributed by atoms with Crippen molar-refractivity contribution in [1.29, 1.82) is 0 Å². The second-order valence-electron chi connectivity index (χ2n) is 4.77. The van der Waals surface area contributed by atoms with Crippen LogP contribution in [0.3, 0.4) is 0 Å². The lowest BCUT2D eigenvalue weighted by Crippen LogP contribution is -1.84. The number of rotatable bonds is 0. The van der Waals surface area contributed by atoms with Crippen LogP contribution in [0.25, 0.3) is 0 Å². The molecule has 1 aliphatic heterocycles. The summed E-state index contributed by atoms with van der Waals surface area (Å²) in [4.78, 5) is 4.46. The van der Waals surface area contributed by atoms with Crippen LogP contribution in [-0.4, -0.2) is 12.8 Å². The summed E-state index contributed by atoms with van der Waals surface area (Å²) in [6, 6.07) is 0. The molecular weight excluding hydrogens is 182 g/mol. The van der Waals surface area contributed by atoms with Gasteiger partial charge in [-0.1, -0.05) is 57.8 Å². The highest BCUT2D eigenvalue weighted by atomic mass is 14.7. The van der Waals surface area contributed by atoms with Gasteiger partial charge in [-0.25, -0.2) is 0 Å². The minimum absolute atomic E-state index is 1.07. The molecule has 0 aliphatic carbocycles. The molecule has 0 atom stereocenters. The van der Waals surface area contributed by atoms with Crippen molar-refractivity contribution in [3.63, 3.8) is 0 Å². The van der Waals surface area contributed by atoms with Gasteiger partial charge in [-0.15, -0.1) is 0 Å². The summed E-state index contributed by atoms with van der Waals surface area (Å²) < 4.78 is 0. The zero-order valence-electron chi connectivity index (χ0n) is 10.2. The third-order valence-corrected chi connectivity index (χ3v) is 3.25. The van der Waals surface area contributed by atoms with Crippen molar-refractivity contribution in [3.8, 4) is 0 Å². The Morgan fingerprint density at radius 1 is 0.533 bits per heavy atom. The maximum Gasteiger partial charge on any atom is 0.0385 e. The normalized spacial score (nSPS) is 22.9. The van der Waals surface area contributed by atoms with Crippen molar-refractivity contribution < 1.29 is 0 Å². The van der Waals surface area contributed by atoms with Crippen LogP contribution in [0.2, 0.25) is 0 Å².